The van der Waals surface area contributed by atoms with Crippen LogP contribution in [0.4, 0.5) is 15.8 Å². The molecule has 148 valence electrons. The van der Waals surface area contributed by atoms with Crippen molar-refractivity contribution in [2.24, 2.45) is 0 Å². The molecule has 0 atom stereocenters. The minimum atomic E-state index is -3.92. The lowest BCUT2D eigenvalue weighted by Gasteiger charge is -2.20. The summed E-state index contributed by atoms with van der Waals surface area (Å²) < 4.78 is 42.7. The number of amides is 1. The van der Waals surface area contributed by atoms with Gasteiger partial charge in [0.1, 0.15) is 5.82 Å². The van der Waals surface area contributed by atoms with Crippen LogP contribution in [0.5, 0.6) is 0 Å². The maximum absolute atomic E-state index is 14.3. The van der Waals surface area contributed by atoms with Gasteiger partial charge in [-0.25, -0.2) is 12.8 Å². The van der Waals surface area contributed by atoms with Gasteiger partial charge in [0.25, 0.3) is 15.9 Å². The summed E-state index contributed by atoms with van der Waals surface area (Å²) in [7, 11) is -3.92. The van der Waals surface area contributed by atoms with Crippen molar-refractivity contribution in [2.75, 3.05) is 16.2 Å². The molecule has 1 aliphatic heterocycles. The lowest BCUT2D eigenvalue weighted by Crippen LogP contribution is -2.29. The molecule has 3 aromatic carbocycles. The van der Waals surface area contributed by atoms with Gasteiger partial charge in [-0.05, 0) is 60.5 Å². The third kappa shape index (κ3) is 3.77. The average molecular weight is 475 g/mol. The Morgan fingerprint density at radius 2 is 1.76 bits per heavy atom. The minimum Gasteiger partial charge on any atom is -0.322 e. The van der Waals surface area contributed by atoms with E-state index < -0.39 is 21.7 Å². The predicted molar refractivity (Wildman–Crippen MR) is 113 cm³/mol. The Morgan fingerprint density at radius 1 is 1.03 bits per heavy atom. The van der Waals surface area contributed by atoms with Crippen LogP contribution in [0.25, 0.3) is 0 Å². The fourth-order valence-electron chi connectivity index (χ4n) is 3.26. The van der Waals surface area contributed by atoms with Crippen molar-refractivity contribution in [3.05, 3.63) is 88.1 Å². The Bertz CT molecular complexity index is 1200. The molecule has 5 nitrogen and oxygen atoms in total. The molecule has 0 aromatic heterocycles. The van der Waals surface area contributed by atoms with Crippen LogP contribution in [0.1, 0.15) is 15.9 Å². The lowest BCUT2D eigenvalue weighted by atomic mass is 10.2. The fourth-order valence-corrected chi connectivity index (χ4v) is 5.05. The lowest BCUT2D eigenvalue weighted by molar-refractivity contribution is 0.102. The predicted octanol–water partition coefficient (Wildman–Crippen LogP) is 4.59. The molecule has 1 aliphatic rings. The van der Waals surface area contributed by atoms with E-state index in [4.69, 9.17) is 0 Å². The Balaban J connectivity index is 1.66. The van der Waals surface area contributed by atoms with Crippen LogP contribution in [0.3, 0.4) is 0 Å². The first-order valence-electron chi connectivity index (χ1n) is 8.83. The molecule has 3 aromatic rings. The SMILES string of the molecule is O=C(Nc1ccc(Br)cc1)c1cc(S(=O)(=O)N2CCc3ccccc32)ccc1F. The van der Waals surface area contributed by atoms with Gasteiger partial charge in [0.15, 0.2) is 0 Å². The van der Waals surface area contributed by atoms with Gasteiger partial charge >= 0.3 is 0 Å². The van der Waals surface area contributed by atoms with Crippen LogP contribution >= 0.6 is 15.9 Å². The van der Waals surface area contributed by atoms with E-state index >= 15 is 0 Å². The molecule has 0 saturated heterocycles. The number of hydrogen-bond acceptors (Lipinski definition) is 3. The van der Waals surface area contributed by atoms with E-state index in [0.29, 0.717) is 24.3 Å². The van der Waals surface area contributed by atoms with Crippen molar-refractivity contribution in [1.82, 2.24) is 0 Å². The number of anilines is 2. The van der Waals surface area contributed by atoms with Crippen molar-refractivity contribution in [2.45, 2.75) is 11.3 Å². The van der Waals surface area contributed by atoms with Crippen molar-refractivity contribution >= 4 is 43.2 Å². The second-order valence-corrected chi connectivity index (χ2v) is 9.34. The van der Waals surface area contributed by atoms with E-state index in [0.717, 1.165) is 22.2 Å². The zero-order chi connectivity index (χ0) is 20.6. The molecular weight excluding hydrogens is 459 g/mol. The van der Waals surface area contributed by atoms with E-state index in [-0.39, 0.29) is 10.5 Å². The molecule has 0 spiro atoms. The summed E-state index contributed by atoms with van der Waals surface area (Å²) in [6.07, 6.45) is 0.605. The molecule has 0 aliphatic carbocycles. The Hall–Kier alpha value is -2.71. The number of nitrogens with zero attached hydrogens (tertiary/aromatic N) is 1. The number of rotatable bonds is 4. The smallest absolute Gasteiger partial charge is 0.264 e. The van der Waals surface area contributed by atoms with E-state index in [1.807, 2.05) is 12.1 Å². The van der Waals surface area contributed by atoms with Crippen LogP contribution in [0, 0.1) is 5.82 Å². The fraction of sp³-hybridized carbons (Fsp3) is 0.0952. The molecule has 0 radical (unpaired) electrons. The zero-order valence-corrected chi connectivity index (χ0v) is 17.5. The first-order valence-corrected chi connectivity index (χ1v) is 11.1. The largest absolute Gasteiger partial charge is 0.322 e. The highest BCUT2D eigenvalue weighted by Crippen LogP contribution is 2.33. The summed E-state index contributed by atoms with van der Waals surface area (Å²) in [5.74, 6) is -1.51. The number of halogens is 2. The monoisotopic (exact) mass is 474 g/mol. The van der Waals surface area contributed by atoms with Crippen LogP contribution in [-0.2, 0) is 16.4 Å². The Kier molecular flexibility index (Phi) is 5.14. The number of benzene rings is 3. The van der Waals surface area contributed by atoms with Gasteiger partial charge < -0.3 is 5.32 Å². The molecule has 1 amide bonds. The number of sulfonamides is 1. The number of nitrogens with one attached hydrogen (secondary N) is 1. The maximum Gasteiger partial charge on any atom is 0.264 e. The second-order valence-electron chi connectivity index (χ2n) is 6.56. The van der Waals surface area contributed by atoms with Gasteiger partial charge in [0.2, 0.25) is 0 Å². The third-order valence-electron chi connectivity index (χ3n) is 4.72. The molecule has 0 bridgehead atoms. The topological polar surface area (TPSA) is 66.5 Å². The summed E-state index contributed by atoms with van der Waals surface area (Å²) in [6.45, 7) is 0.305. The van der Waals surface area contributed by atoms with E-state index in [2.05, 4.69) is 21.2 Å². The molecule has 0 fully saturated rings. The molecule has 1 heterocycles. The highest BCUT2D eigenvalue weighted by atomic mass is 79.9. The first-order chi connectivity index (χ1) is 13.9. The summed E-state index contributed by atoms with van der Waals surface area (Å²) >= 11 is 3.30. The van der Waals surface area contributed by atoms with Crippen molar-refractivity contribution in [3.63, 3.8) is 0 Å². The van der Waals surface area contributed by atoms with Crippen molar-refractivity contribution in [3.8, 4) is 0 Å². The molecule has 4 rings (SSSR count). The minimum absolute atomic E-state index is 0.128. The number of carbonyl (C=O) groups excluding carboxylic acids is 1. The van der Waals surface area contributed by atoms with Crippen LogP contribution in [0.15, 0.2) is 76.1 Å². The molecule has 29 heavy (non-hydrogen) atoms. The van der Waals surface area contributed by atoms with Gasteiger partial charge in [-0.2, -0.15) is 0 Å². The van der Waals surface area contributed by atoms with Gasteiger partial charge in [-0.1, -0.05) is 34.1 Å². The number of para-hydroxylation sites is 1. The Morgan fingerprint density at radius 3 is 2.52 bits per heavy atom. The highest BCUT2D eigenvalue weighted by Gasteiger charge is 2.31. The van der Waals surface area contributed by atoms with Gasteiger partial charge in [0.05, 0.1) is 16.1 Å². The molecular formula is C21H16BrFN2O3S. The van der Waals surface area contributed by atoms with Crippen LogP contribution in [0.2, 0.25) is 0 Å². The average Bonchev–Trinajstić information content (AvgIpc) is 3.15. The van der Waals surface area contributed by atoms with Gasteiger partial charge in [0, 0.05) is 16.7 Å². The van der Waals surface area contributed by atoms with Crippen molar-refractivity contribution in [1.29, 1.82) is 0 Å². The van der Waals surface area contributed by atoms with Crippen LogP contribution < -0.4 is 9.62 Å². The Labute approximate surface area is 176 Å². The molecule has 0 unspecified atom stereocenters. The van der Waals surface area contributed by atoms with Gasteiger partial charge in [-0.3, -0.25) is 9.10 Å². The van der Waals surface area contributed by atoms with Crippen molar-refractivity contribution < 1.29 is 17.6 Å². The normalized spacial score (nSPS) is 13.2. The summed E-state index contributed by atoms with van der Waals surface area (Å²) in [5, 5.41) is 2.58. The molecule has 1 N–H and O–H groups in total. The zero-order valence-electron chi connectivity index (χ0n) is 15.1. The highest BCUT2D eigenvalue weighted by molar-refractivity contribution is 9.10. The molecule has 8 heteroatoms. The number of carbonyl (C=O) groups is 1. The standard InChI is InChI=1S/C21H16BrFN2O3S/c22-15-5-7-16(8-6-15)24-21(26)18-13-17(9-10-19(18)23)29(27,28)25-12-11-14-3-1-2-4-20(14)25/h1-10,13H,11-12H2,(H,24,26). The maximum atomic E-state index is 14.3. The van der Waals surface area contributed by atoms with E-state index in [1.165, 1.54) is 10.4 Å². The summed E-state index contributed by atoms with van der Waals surface area (Å²) in [5.41, 5.74) is 1.69. The van der Waals surface area contributed by atoms with Gasteiger partial charge in [-0.15, -0.1) is 0 Å². The first kappa shape index (κ1) is 19.6. The summed E-state index contributed by atoms with van der Waals surface area (Å²) in [4.78, 5) is 12.4. The number of hydrogen-bond donors (Lipinski definition) is 1. The van der Waals surface area contributed by atoms with E-state index in [9.17, 15) is 17.6 Å². The van der Waals surface area contributed by atoms with E-state index in [1.54, 1.807) is 36.4 Å². The third-order valence-corrected chi connectivity index (χ3v) is 7.05. The number of fused-ring (bicyclic) bond motifs is 1. The molecule has 0 saturated carbocycles. The van der Waals surface area contributed by atoms with Crippen LogP contribution in [-0.4, -0.2) is 20.9 Å². The quantitative estimate of drug-likeness (QED) is 0.601. The summed E-state index contributed by atoms with van der Waals surface area (Å²) in [6, 6.07) is 17.3. The second kappa shape index (κ2) is 7.61.